The van der Waals surface area contributed by atoms with Crippen molar-refractivity contribution in [2.24, 2.45) is 17.8 Å². The van der Waals surface area contributed by atoms with Crippen LogP contribution in [0.3, 0.4) is 0 Å². The molecule has 0 aliphatic rings. The Labute approximate surface area is 291 Å². The quantitative estimate of drug-likeness (QED) is 0.146. The van der Waals surface area contributed by atoms with Crippen molar-refractivity contribution in [1.29, 1.82) is 0 Å². The molecule has 0 spiro atoms. The zero-order valence-electron chi connectivity index (χ0n) is 31.1. The monoisotopic (exact) mass is 689 g/mol. The number of esters is 1. The van der Waals surface area contributed by atoms with Crippen molar-refractivity contribution in [1.82, 2.24) is 26.6 Å². The molecule has 5 amide bonds. The van der Waals surface area contributed by atoms with Crippen LogP contribution >= 0.6 is 0 Å². The smallest absolute Gasteiger partial charge is 0.408 e. The number of hydrogen-bond donors (Lipinski definition) is 5. The Hall–Kier alpha value is -4.16. The molecule has 276 valence electrons. The highest BCUT2D eigenvalue weighted by molar-refractivity contribution is 5.96. The minimum atomic E-state index is -1.12. The van der Waals surface area contributed by atoms with E-state index in [9.17, 15) is 28.8 Å². The Balaban J connectivity index is 3.28. The van der Waals surface area contributed by atoms with Gasteiger partial charge in [0, 0.05) is 6.42 Å². The lowest BCUT2D eigenvalue weighted by Gasteiger charge is -2.29. The number of benzene rings is 1. The summed E-state index contributed by atoms with van der Waals surface area (Å²) in [7, 11) is 1.25. The van der Waals surface area contributed by atoms with Gasteiger partial charge < -0.3 is 36.1 Å². The van der Waals surface area contributed by atoms with Gasteiger partial charge in [-0.1, -0.05) is 85.2 Å². The van der Waals surface area contributed by atoms with Crippen molar-refractivity contribution < 1.29 is 38.2 Å². The third kappa shape index (κ3) is 15.3. The van der Waals surface area contributed by atoms with E-state index in [0.717, 1.165) is 5.56 Å². The van der Waals surface area contributed by atoms with E-state index in [4.69, 9.17) is 9.47 Å². The summed E-state index contributed by atoms with van der Waals surface area (Å²) in [6.45, 7) is 17.9. The van der Waals surface area contributed by atoms with Crippen LogP contribution in [0, 0.1) is 17.8 Å². The summed E-state index contributed by atoms with van der Waals surface area (Å²) in [5, 5.41) is 13.6. The Morgan fingerprint density at radius 1 is 0.673 bits per heavy atom. The summed E-state index contributed by atoms with van der Waals surface area (Å²) in [6, 6.07) is 4.02. The number of amides is 5. The SMILES string of the molecule is CC[C@H](NC(=O)C(Cc1ccccc1)NC(=O)[C@H](CC(C)C)NC(=O)[C@@H](NC(=O)OC(C)(C)C)C(C)C)C(=O)N[C@H](C(=O)OC)[C@@H](C)CC. The van der Waals surface area contributed by atoms with Gasteiger partial charge >= 0.3 is 12.1 Å². The fourth-order valence-electron chi connectivity index (χ4n) is 4.94. The van der Waals surface area contributed by atoms with Crippen molar-refractivity contribution in [2.75, 3.05) is 7.11 Å². The summed E-state index contributed by atoms with van der Waals surface area (Å²) < 4.78 is 10.2. The standard InChI is InChI=1S/C36H59N5O8/c1-12-23(7)29(34(46)48-11)40-30(42)25(13-2)37-32(44)27(20-24-17-15-14-16-18-24)38-31(43)26(19-21(3)4)39-33(45)28(22(5)6)41-35(47)49-36(8,9)10/h14-18,21-23,25-29H,12-13,19-20H2,1-11H3,(H,37,44)(H,38,43)(H,39,45)(H,40,42)(H,41,47)/t23-,25-,26-,27?,28-,29-/m0/s1. The minimum absolute atomic E-state index is 0.0183. The second-order valence-electron chi connectivity index (χ2n) is 14.2. The lowest BCUT2D eigenvalue weighted by Crippen LogP contribution is -2.60. The molecule has 0 bridgehead atoms. The maximum absolute atomic E-state index is 13.8. The maximum atomic E-state index is 13.8. The van der Waals surface area contributed by atoms with Crippen molar-refractivity contribution in [3.63, 3.8) is 0 Å². The van der Waals surface area contributed by atoms with Crippen LogP contribution in [0.4, 0.5) is 4.79 Å². The molecule has 1 unspecified atom stereocenters. The Morgan fingerprint density at radius 3 is 1.69 bits per heavy atom. The summed E-state index contributed by atoms with van der Waals surface area (Å²) in [6.07, 6.45) is 0.412. The van der Waals surface area contributed by atoms with Crippen LogP contribution in [-0.2, 0) is 39.9 Å². The van der Waals surface area contributed by atoms with Crippen molar-refractivity contribution in [3.05, 3.63) is 35.9 Å². The molecule has 6 atom stereocenters. The topological polar surface area (TPSA) is 181 Å². The van der Waals surface area contributed by atoms with E-state index >= 15 is 0 Å². The second-order valence-corrected chi connectivity index (χ2v) is 14.2. The van der Waals surface area contributed by atoms with Crippen LogP contribution in [-0.4, -0.2) is 78.6 Å². The van der Waals surface area contributed by atoms with E-state index in [0.29, 0.717) is 6.42 Å². The summed E-state index contributed by atoms with van der Waals surface area (Å²) in [4.78, 5) is 79.2. The average Bonchev–Trinajstić information content (AvgIpc) is 3.02. The number of carbonyl (C=O) groups excluding carboxylic acids is 6. The first-order valence-electron chi connectivity index (χ1n) is 17.2. The summed E-state index contributed by atoms with van der Waals surface area (Å²) in [5.74, 6) is -3.49. The second kappa shape index (κ2) is 20.4. The van der Waals surface area contributed by atoms with E-state index in [1.165, 1.54) is 7.11 Å². The molecule has 5 N–H and O–H groups in total. The number of alkyl carbamates (subject to hydrolysis) is 1. The van der Waals surface area contributed by atoms with Gasteiger partial charge in [-0.2, -0.15) is 0 Å². The van der Waals surface area contributed by atoms with Gasteiger partial charge in [0.05, 0.1) is 7.11 Å². The third-order valence-electron chi connectivity index (χ3n) is 7.88. The van der Waals surface area contributed by atoms with Gasteiger partial charge in [0.2, 0.25) is 23.6 Å². The number of nitrogens with one attached hydrogen (secondary N) is 5. The lowest BCUT2D eigenvalue weighted by atomic mass is 9.98. The molecular formula is C36H59N5O8. The minimum Gasteiger partial charge on any atom is -0.467 e. The van der Waals surface area contributed by atoms with Crippen molar-refractivity contribution in [3.8, 4) is 0 Å². The van der Waals surface area contributed by atoms with Crippen LogP contribution in [0.2, 0.25) is 0 Å². The summed E-state index contributed by atoms with van der Waals surface area (Å²) >= 11 is 0. The van der Waals surface area contributed by atoms with Gasteiger partial charge in [-0.15, -0.1) is 0 Å². The molecule has 0 fully saturated rings. The first-order chi connectivity index (χ1) is 22.8. The highest BCUT2D eigenvalue weighted by Crippen LogP contribution is 2.13. The lowest BCUT2D eigenvalue weighted by molar-refractivity contribution is -0.147. The van der Waals surface area contributed by atoms with E-state index in [1.54, 1.807) is 41.5 Å². The van der Waals surface area contributed by atoms with Gasteiger partial charge in [-0.25, -0.2) is 9.59 Å². The van der Waals surface area contributed by atoms with E-state index in [-0.39, 0.29) is 37.0 Å². The van der Waals surface area contributed by atoms with E-state index in [1.807, 2.05) is 58.0 Å². The molecule has 0 aromatic heterocycles. The van der Waals surface area contributed by atoms with Gasteiger partial charge in [0.1, 0.15) is 35.8 Å². The largest absolute Gasteiger partial charge is 0.467 e. The van der Waals surface area contributed by atoms with Crippen LogP contribution in [0.25, 0.3) is 0 Å². The van der Waals surface area contributed by atoms with Gasteiger partial charge in [-0.3, -0.25) is 19.2 Å². The third-order valence-corrected chi connectivity index (χ3v) is 7.88. The zero-order valence-corrected chi connectivity index (χ0v) is 31.1. The molecule has 1 aromatic rings. The molecule has 13 nitrogen and oxygen atoms in total. The average molecular weight is 690 g/mol. The molecule has 0 saturated heterocycles. The molecule has 0 heterocycles. The fraction of sp³-hybridized carbons (Fsp3) is 0.667. The molecule has 0 radical (unpaired) electrons. The molecular weight excluding hydrogens is 630 g/mol. The fourth-order valence-corrected chi connectivity index (χ4v) is 4.94. The van der Waals surface area contributed by atoms with E-state index in [2.05, 4.69) is 26.6 Å². The number of rotatable bonds is 18. The molecule has 0 saturated carbocycles. The molecule has 49 heavy (non-hydrogen) atoms. The number of methoxy groups -OCH3 is 1. The predicted octanol–water partition coefficient (Wildman–Crippen LogP) is 3.39. The van der Waals surface area contributed by atoms with Crippen LogP contribution in [0.15, 0.2) is 30.3 Å². The Morgan fingerprint density at radius 2 is 1.20 bits per heavy atom. The first kappa shape index (κ1) is 42.9. The van der Waals surface area contributed by atoms with Crippen molar-refractivity contribution in [2.45, 2.75) is 131 Å². The first-order valence-corrected chi connectivity index (χ1v) is 17.2. The van der Waals surface area contributed by atoms with Gasteiger partial charge in [-0.05, 0) is 56.9 Å². The van der Waals surface area contributed by atoms with Crippen molar-refractivity contribution >= 4 is 35.7 Å². The van der Waals surface area contributed by atoms with Gasteiger partial charge in [0.15, 0.2) is 0 Å². The Bertz CT molecular complexity index is 1250. The number of hydrogen-bond acceptors (Lipinski definition) is 8. The molecule has 0 aliphatic carbocycles. The number of carbonyl (C=O) groups is 6. The van der Waals surface area contributed by atoms with Crippen LogP contribution < -0.4 is 26.6 Å². The predicted molar refractivity (Wildman–Crippen MR) is 187 cm³/mol. The maximum Gasteiger partial charge on any atom is 0.408 e. The highest BCUT2D eigenvalue weighted by atomic mass is 16.6. The van der Waals surface area contributed by atoms with Gasteiger partial charge in [0.25, 0.3) is 0 Å². The summed E-state index contributed by atoms with van der Waals surface area (Å²) in [5.41, 5.74) is -0.0147. The van der Waals surface area contributed by atoms with E-state index < -0.39 is 71.5 Å². The molecule has 1 rings (SSSR count). The molecule has 0 aliphatic heterocycles. The number of ether oxygens (including phenoxy) is 2. The molecule has 13 heteroatoms. The zero-order chi connectivity index (χ0) is 37.5. The Kier molecular flexibility index (Phi) is 17.8. The normalized spacial score (nSPS) is 15.1. The van der Waals surface area contributed by atoms with Crippen LogP contribution in [0.1, 0.15) is 94.1 Å². The van der Waals surface area contributed by atoms with Crippen LogP contribution in [0.5, 0.6) is 0 Å². The molecule has 1 aromatic carbocycles. The highest BCUT2D eigenvalue weighted by Gasteiger charge is 2.34.